The maximum Gasteiger partial charge on any atom is 0.142 e. The van der Waals surface area contributed by atoms with E-state index in [9.17, 15) is 4.39 Å². The lowest BCUT2D eigenvalue weighted by molar-refractivity contribution is 0.526. The van der Waals surface area contributed by atoms with Crippen LogP contribution in [-0.4, -0.2) is 11.5 Å². The molecule has 20 heavy (non-hydrogen) atoms. The van der Waals surface area contributed by atoms with Gasteiger partial charge in [-0.15, -0.1) is 0 Å². The van der Waals surface area contributed by atoms with E-state index in [0.29, 0.717) is 6.42 Å². The summed E-state index contributed by atoms with van der Waals surface area (Å²) in [6, 6.07) is 9.04. The van der Waals surface area contributed by atoms with Crippen LogP contribution in [0.15, 0.2) is 42.7 Å². The smallest absolute Gasteiger partial charge is 0.142 e. The van der Waals surface area contributed by atoms with Gasteiger partial charge < -0.3 is 5.32 Å². The second-order valence-electron chi connectivity index (χ2n) is 4.75. The summed E-state index contributed by atoms with van der Waals surface area (Å²) in [5.74, 6) is -0.371. The summed E-state index contributed by atoms with van der Waals surface area (Å²) in [5.41, 5.74) is 2.03. The summed E-state index contributed by atoms with van der Waals surface area (Å²) in [6.07, 6.45) is 5.35. The minimum absolute atomic E-state index is 0.129. The Hall–Kier alpha value is -1.45. The molecule has 0 amide bonds. The molecule has 0 bridgehead atoms. The van der Waals surface area contributed by atoms with Gasteiger partial charge in [-0.25, -0.2) is 4.39 Å². The van der Waals surface area contributed by atoms with Crippen LogP contribution in [-0.2, 0) is 6.42 Å². The monoisotopic (exact) mass is 292 g/mol. The minimum Gasteiger partial charge on any atom is -0.310 e. The normalized spacial score (nSPS) is 12.3. The molecular weight excluding hydrogens is 275 g/mol. The Morgan fingerprint density at radius 2 is 2.20 bits per heavy atom. The zero-order valence-corrected chi connectivity index (χ0v) is 12.2. The van der Waals surface area contributed by atoms with Crippen LogP contribution in [0.5, 0.6) is 0 Å². The molecule has 0 aliphatic rings. The van der Waals surface area contributed by atoms with Crippen LogP contribution in [0.2, 0.25) is 5.02 Å². The van der Waals surface area contributed by atoms with Gasteiger partial charge in [0.1, 0.15) is 5.82 Å². The zero-order valence-electron chi connectivity index (χ0n) is 11.4. The summed E-state index contributed by atoms with van der Waals surface area (Å²) in [6.45, 7) is 3.03. The van der Waals surface area contributed by atoms with Crippen molar-refractivity contribution in [2.45, 2.75) is 25.8 Å². The fourth-order valence-corrected chi connectivity index (χ4v) is 2.23. The van der Waals surface area contributed by atoms with Gasteiger partial charge in [0.2, 0.25) is 0 Å². The maximum atomic E-state index is 13.5. The summed E-state index contributed by atoms with van der Waals surface area (Å²) in [5, 5.41) is 3.63. The van der Waals surface area contributed by atoms with Crippen LogP contribution < -0.4 is 5.32 Å². The molecule has 0 fully saturated rings. The maximum absolute atomic E-state index is 13.5. The molecular formula is C16H18ClFN2. The van der Waals surface area contributed by atoms with Crippen LogP contribution >= 0.6 is 11.6 Å². The summed E-state index contributed by atoms with van der Waals surface area (Å²) in [4.78, 5) is 4.15. The van der Waals surface area contributed by atoms with Crippen LogP contribution in [0.1, 0.15) is 30.5 Å². The van der Waals surface area contributed by atoms with Gasteiger partial charge in [-0.2, -0.15) is 0 Å². The Labute approximate surface area is 124 Å². The number of nitrogens with one attached hydrogen (secondary N) is 1. The predicted molar refractivity (Wildman–Crippen MR) is 80.4 cm³/mol. The molecule has 2 aromatic rings. The lowest BCUT2D eigenvalue weighted by atomic mass is 10.00. The summed E-state index contributed by atoms with van der Waals surface area (Å²) >= 11 is 5.72. The van der Waals surface area contributed by atoms with E-state index < -0.39 is 0 Å². The number of pyridine rings is 1. The fraction of sp³-hybridized carbons (Fsp3) is 0.312. The second kappa shape index (κ2) is 7.36. The number of aromatic nitrogens is 1. The average Bonchev–Trinajstić information content (AvgIpc) is 2.48. The predicted octanol–water partition coefficient (Wildman–Crippen LogP) is 4.16. The molecule has 0 aliphatic carbocycles. The van der Waals surface area contributed by atoms with Crippen molar-refractivity contribution in [3.8, 4) is 0 Å². The van der Waals surface area contributed by atoms with Gasteiger partial charge in [-0.1, -0.05) is 30.7 Å². The highest BCUT2D eigenvalue weighted by molar-refractivity contribution is 6.30. The second-order valence-corrected chi connectivity index (χ2v) is 5.15. The van der Waals surface area contributed by atoms with Crippen molar-refractivity contribution >= 4 is 11.6 Å². The third-order valence-electron chi connectivity index (χ3n) is 3.15. The molecule has 0 spiro atoms. The van der Waals surface area contributed by atoms with E-state index in [1.54, 1.807) is 12.3 Å². The van der Waals surface area contributed by atoms with Crippen LogP contribution in [0.3, 0.4) is 0 Å². The summed E-state index contributed by atoms with van der Waals surface area (Å²) < 4.78 is 13.5. The van der Waals surface area contributed by atoms with Crippen molar-refractivity contribution < 1.29 is 4.39 Å². The van der Waals surface area contributed by atoms with E-state index in [1.165, 1.54) is 6.07 Å². The molecule has 1 atom stereocenters. The van der Waals surface area contributed by atoms with Gasteiger partial charge in [0.25, 0.3) is 0 Å². The van der Waals surface area contributed by atoms with Crippen LogP contribution in [0.25, 0.3) is 0 Å². The van der Waals surface area contributed by atoms with E-state index in [0.717, 1.165) is 24.1 Å². The Kier molecular flexibility index (Phi) is 5.50. The molecule has 106 valence electrons. The van der Waals surface area contributed by atoms with Crippen molar-refractivity contribution in [1.82, 2.24) is 10.3 Å². The first-order valence-electron chi connectivity index (χ1n) is 6.78. The Morgan fingerprint density at radius 3 is 2.85 bits per heavy atom. The number of benzene rings is 1. The standard InChI is InChI=1S/C16H18ClFN2/c1-2-7-20-16(13-4-3-8-19-11-13)10-12-5-6-14(17)15(18)9-12/h3-6,8-9,11,16,20H,2,7,10H2,1H3. The molecule has 1 unspecified atom stereocenters. The molecule has 1 aromatic carbocycles. The van der Waals surface area contributed by atoms with Gasteiger partial charge in [0.05, 0.1) is 5.02 Å². The quantitative estimate of drug-likeness (QED) is 0.865. The van der Waals surface area contributed by atoms with Crippen molar-refractivity contribution in [1.29, 1.82) is 0 Å². The third-order valence-corrected chi connectivity index (χ3v) is 3.46. The van der Waals surface area contributed by atoms with Crippen LogP contribution in [0.4, 0.5) is 4.39 Å². The Bertz CT molecular complexity index is 545. The van der Waals surface area contributed by atoms with E-state index in [1.807, 2.05) is 24.4 Å². The molecule has 4 heteroatoms. The zero-order chi connectivity index (χ0) is 14.4. The molecule has 0 saturated carbocycles. The van der Waals surface area contributed by atoms with Gasteiger partial charge >= 0.3 is 0 Å². The number of hydrogen-bond acceptors (Lipinski definition) is 2. The SMILES string of the molecule is CCCNC(Cc1ccc(Cl)c(F)c1)c1cccnc1. The molecule has 1 heterocycles. The largest absolute Gasteiger partial charge is 0.310 e. The van der Waals surface area contributed by atoms with E-state index in [-0.39, 0.29) is 16.9 Å². The lowest BCUT2D eigenvalue weighted by Gasteiger charge is -2.19. The number of rotatable bonds is 6. The molecule has 2 nitrogen and oxygen atoms in total. The number of halogens is 2. The van der Waals surface area contributed by atoms with Crippen LogP contribution in [0, 0.1) is 5.82 Å². The first-order chi connectivity index (χ1) is 9.70. The van der Waals surface area contributed by atoms with E-state index in [2.05, 4.69) is 17.2 Å². The third kappa shape index (κ3) is 4.02. The highest BCUT2D eigenvalue weighted by Gasteiger charge is 2.12. The Balaban J connectivity index is 2.17. The van der Waals surface area contributed by atoms with E-state index in [4.69, 9.17) is 11.6 Å². The first-order valence-corrected chi connectivity index (χ1v) is 7.15. The molecule has 0 saturated heterocycles. The number of hydrogen-bond donors (Lipinski definition) is 1. The highest BCUT2D eigenvalue weighted by Crippen LogP contribution is 2.21. The van der Waals surface area contributed by atoms with Gasteiger partial charge in [0.15, 0.2) is 0 Å². The molecule has 2 rings (SSSR count). The van der Waals surface area contributed by atoms with Crippen molar-refractivity contribution in [2.24, 2.45) is 0 Å². The molecule has 1 aromatic heterocycles. The molecule has 0 aliphatic heterocycles. The molecule has 1 N–H and O–H groups in total. The Morgan fingerprint density at radius 1 is 1.35 bits per heavy atom. The topological polar surface area (TPSA) is 24.9 Å². The molecule has 0 radical (unpaired) electrons. The highest BCUT2D eigenvalue weighted by atomic mass is 35.5. The summed E-state index contributed by atoms with van der Waals surface area (Å²) in [7, 11) is 0. The first kappa shape index (κ1) is 14.9. The van der Waals surface area contributed by atoms with Crippen molar-refractivity contribution in [3.63, 3.8) is 0 Å². The minimum atomic E-state index is -0.371. The van der Waals surface area contributed by atoms with Gasteiger partial charge in [0, 0.05) is 18.4 Å². The van der Waals surface area contributed by atoms with Crippen molar-refractivity contribution in [2.75, 3.05) is 6.54 Å². The van der Waals surface area contributed by atoms with Crippen molar-refractivity contribution in [3.05, 3.63) is 64.7 Å². The fourth-order valence-electron chi connectivity index (χ4n) is 2.11. The van der Waals surface area contributed by atoms with Gasteiger partial charge in [-0.05, 0) is 48.7 Å². The lowest BCUT2D eigenvalue weighted by Crippen LogP contribution is -2.24. The average molecular weight is 293 g/mol. The number of nitrogens with zero attached hydrogens (tertiary/aromatic N) is 1. The van der Waals surface area contributed by atoms with E-state index >= 15 is 0 Å². The van der Waals surface area contributed by atoms with Gasteiger partial charge in [-0.3, -0.25) is 4.98 Å².